The standard InChI is InChI=1S/C10H13BrOS/c1-2-3-8(12)4-5-10-9(11)6-7-13-10/h6-7H,2-5H2,1H3. The third kappa shape index (κ3) is 3.61. The molecule has 0 aliphatic heterocycles. The Labute approximate surface area is 91.3 Å². The number of hydrogen-bond donors (Lipinski definition) is 0. The molecule has 1 aromatic heterocycles. The smallest absolute Gasteiger partial charge is 0.133 e. The third-order valence-corrected chi connectivity index (χ3v) is 3.84. The summed E-state index contributed by atoms with van der Waals surface area (Å²) in [5.41, 5.74) is 0. The van der Waals surface area contributed by atoms with Crippen LogP contribution in [0.4, 0.5) is 0 Å². The molecule has 0 unspecified atom stereocenters. The van der Waals surface area contributed by atoms with Gasteiger partial charge in [0.2, 0.25) is 0 Å². The lowest BCUT2D eigenvalue weighted by molar-refractivity contribution is -0.119. The zero-order valence-corrected chi connectivity index (χ0v) is 10.1. The lowest BCUT2D eigenvalue weighted by Crippen LogP contribution is -1.98. The van der Waals surface area contributed by atoms with Crippen LogP contribution in [0.3, 0.4) is 0 Å². The first-order valence-electron chi connectivity index (χ1n) is 4.47. The molecule has 0 atom stereocenters. The first-order valence-corrected chi connectivity index (χ1v) is 6.15. The quantitative estimate of drug-likeness (QED) is 0.787. The Kier molecular flexibility index (Phi) is 4.67. The van der Waals surface area contributed by atoms with Gasteiger partial charge in [0.05, 0.1) is 0 Å². The molecule has 1 nitrogen and oxygen atoms in total. The summed E-state index contributed by atoms with van der Waals surface area (Å²) in [6.45, 7) is 2.04. The van der Waals surface area contributed by atoms with Crippen molar-refractivity contribution in [3.05, 3.63) is 20.8 Å². The normalized spacial score (nSPS) is 10.3. The van der Waals surface area contributed by atoms with Gasteiger partial charge in [-0.2, -0.15) is 0 Å². The van der Waals surface area contributed by atoms with Crippen LogP contribution in [0.5, 0.6) is 0 Å². The third-order valence-electron chi connectivity index (χ3n) is 1.85. The topological polar surface area (TPSA) is 17.1 Å². The fourth-order valence-corrected chi connectivity index (χ4v) is 2.71. The van der Waals surface area contributed by atoms with E-state index in [1.165, 1.54) is 4.88 Å². The largest absolute Gasteiger partial charge is 0.300 e. The summed E-state index contributed by atoms with van der Waals surface area (Å²) in [6.07, 6.45) is 3.26. The van der Waals surface area contributed by atoms with Gasteiger partial charge in [-0.25, -0.2) is 0 Å². The fourth-order valence-electron chi connectivity index (χ4n) is 1.16. The first-order chi connectivity index (χ1) is 6.24. The maximum absolute atomic E-state index is 11.2. The van der Waals surface area contributed by atoms with Gasteiger partial charge in [0.25, 0.3) is 0 Å². The second-order valence-electron chi connectivity index (χ2n) is 2.98. The minimum Gasteiger partial charge on any atom is -0.300 e. The molecule has 1 heterocycles. The van der Waals surface area contributed by atoms with Crippen molar-refractivity contribution in [1.29, 1.82) is 0 Å². The average Bonchev–Trinajstić information content (AvgIpc) is 2.48. The molecule has 0 aromatic carbocycles. The summed E-state index contributed by atoms with van der Waals surface area (Å²) in [5.74, 6) is 0.378. The molecular weight excluding hydrogens is 248 g/mol. The van der Waals surface area contributed by atoms with E-state index in [9.17, 15) is 4.79 Å². The predicted octanol–water partition coefficient (Wildman–Crippen LogP) is 3.81. The Bertz CT molecular complexity index is 280. The van der Waals surface area contributed by atoms with Crippen LogP contribution in [0, 0.1) is 0 Å². The SMILES string of the molecule is CCCC(=O)CCc1sccc1Br. The van der Waals surface area contributed by atoms with Crippen LogP contribution in [-0.2, 0) is 11.2 Å². The van der Waals surface area contributed by atoms with E-state index < -0.39 is 0 Å². The molecule has 0 saturated heterocycles. The predicted molar refractivity (Wildman–Crippen MR) is 60.3 cm³/mol. The molecule has 0 fully saturated rings. The zero-order chi connectivity index (χ0) is 9.68. The zero-order valence-electron chi connectivity index (χ0n) is 7.68. The van der Waals surface area contributed by atoms with E-state index in [-0.39, 0.29) is 0 Å². The molecule has 0 amide bonds. The van der Waals surface area contributed by atoms with Crippen LogP contribution in [0.1, 0.15) is 31.1 Å². The van der Waals surface area contributed by atoms with Gasteiger partial charge in [-0.05, 0) is 40.2 Å². The van der Waals surface area contributed by atoms with Crippen molar-refractivity contribution in [2.75, 3.05) is 0 Å². The van der Waals surface area contributed by atoms with Gasteiger partial charge in [0.15, 0.2) is 0 Å². The van der Waals surface area contributed by atoms with Crippen LogP contribution in [0.15, 0.2) is 15.9 Å². The maximum atomic E-state index is 11.2. The van der Waals surface area contributed by atoms with Crippen LogP contribution in [0.25, 0.3) is 0 Å². The number of Topliss-reactive ketones (excluding diaryl/α,β-unsaturated/α-hetero) is 1. The summed E-state index contributed by atoms with van der Waals surface area (Å²) in [6, 6.07) is 2.03. The molecule has 13 heavy (non-hydrogen) atoms. The van der Waals surface area contributed by atoms with Gasteiger partial charge in [-0.15, -0.1) is 11.3 Å². The maximum Gasteiger partial charge on any atom is 0.133 e. The second-order valence-corrected chi connectivity index (χ2v) is 4.84. The fraction of sp³-hybridized carbons (Fsp3) is 0.500. The Hall–Kier alpha value is -0.150. The van der Waals surface area contributed by atoms with Crippen LogP contribution in [0.2, 0.25) is 0 Å². The monoisotopic (exact) mass is 260 g/mol. The number of carbonyl (C=O) groups excluding carboxylic acids is 1. The van der Waals surface area contributed by atoms with Crippen molar-refractivity contribution in [1.82, 2.24) is 0 Å². The van der Waals surface area contributed by atoms with Gasteiger partial charge >= 0.3 is 0 Å². The van der Waals surface area contributed by atoms with Crippen LogP contribution in [-0.4, -0.2) is 5.78 Å². The van der Waals surface area contributed by atoms with Gasteiger partial charge in [0.1, 0.15) is 5.78 Å². The molecule has 1 aromatic rings. The van der Waals surface area contributed by atoms with Crippen molar-refractivity contribution in [3.63, 3.8) is 0 Å². The Morgan fingerprint density at radius 2 is 2.31 bits per heavy atom. The molecule has 0 radical (unpaired) electrons. The van der Waals surface area contributed by atoms with E-state index in [4.69, 9.17) is 0 Å². The number of ketones is 1. The highest BCUT2D eigenvalue weighted by atomic mass is 79.9. The highest BCUT2D eigenvalue weighted by molar-refractivity contribution is 9.10. The molecule has 72 valence electrons. The number of halogens is 1. The number of carbonyl (C=O) groups is 1. The van der Waals surface area contributed by atoms with Crippen molar-refractivity contribution in [3.8, 4) is 0 Å². The number of rotatable bonds is 5. The summed E-state index contributed by atoms with van der Waals surface area (Å²) < 4.78 is 1.14. The molecule has 0 bridgehead atoms. The molecule has 0 spiro atoms. The van der Waals surface area contributed by atoms with Gasteiger partial charge in [-0.3, -0.25) is 4.79 Å². The number of aryl methyl sites for hydroxylation is 1. The molecule has 0 N–H and O–H groups in total. The highest BCUT2D eigenvalue weighted by Crippen LogP contribution is 2.24. The van der Waals surface area contributed by atoms with E-state index in [0.717, 1.165) is 23.7 Å². The van der Waals surface area contributed by atoms with Crippen LogP contribution < -0.4 is 0 Å². The Morgan fingerprint density at radius 1 is 1.54 bits per heavy atom. The lowest BCUT2D eigenvalue weighted by atomic mass is 10.1. The van der Waals surface area contributed by atoms with Crippen molar-refractivity contribution >= 4 is 33.0 Å². The molecule has 0 aliphatic carbocycles. The lowest BCUT2D eigenvalue weighted by Gasteiger charge is -1.97. The van der Waals surface area contributed by atoms with Gasteiger partial charge in [0, 0.05) is 22.2 Å². The minimum absolute atomic E-state index is 0.378. The molecule has 3 heteroatoms. The summed E-state index contributed by atoms with van der Waals surface area (Å²) in [5, 5.41) is 2.05. The van der Waals surface area contributed by atoms with E-state index in [1.807, 2.05) is 18.4 Å². The molecule has 1 rings (SSSR count). The Morgan fingerprint density at radius 3 is 2.85 bits per heavy atom. The van der Waals surface area contributed by atoms with Gasteiger partial charge < -0.3 is 0 Å². The molecular formula is C10H13BrOS. The van der Waals surface area contributed by atoms with E-state index in [0.29, 0.717) is 12.2 Å². The molecule has 0 saturated carbocycles. The van der Waals surface area contributed by atoms with E-state index in [1.54, 1.807) is 11.3 Å². The second kappa shape index (κ2) is 5.55. The summed E-state index contributed by atoms with van der Waals surface area (Å²) >= 11 is 5.17. The van der Waals surface area contributed by atoms with E-state index in [2.05, 4.69) is 15.9 Å². The van der Waals surface area contributed by atoms with Crippen LogP contribution >= 0.6 is 27.3 Å². The summed E-state index contributed by atoms with van der Waals surface area (Å²) in [7, 11) is 0. The average molecular weight is 261 g/mol. The Balaban J connectivity index is 2.35. The van der Waals surface area contributed by atoms with Gasteiger partial charge in [-0.1, -0.05) is 6.92 Å². The van der Waals surface area contributed by atoms with Crippen molar-refractivity contribution in [2.24, 2.45) is 0 Å². The first kappa shape index (κ1) is 10.9. The highest BCUT2D eigenvalue weighted by Gasteiger charge is 2.04. The van der Waals surface area contributed by atoms with E-state index >= 15 is 0 Å². The van der Waals surface area contributed by atoms with Crippen molar-refractivity contribution in [2.45, 2.75) is 32.6 Å². The number of thiophene rings is 1. The van der Waals surface area contributed by atoms with Crippen molar-refractivity contribution < 1.29 is 4.79 Å². The molecule has 0 aliphatic rings. The summed E-state index contributed by atoms with van der Waals surface area (Å²) in [4.78, 5) is 12.5. The number of hydrogen-bond acceptors (Lipinski definition) is 2. The minimum atomic E-state index is 0.378.